The largest absolute Gasteiger partial charge is 0.313 e. The number of likely N-dealkylation sites (N-methyl/N-ethyl adjacent to an activating group) is 1. The molecule has 2 heteroatoms. The first-order valence-electron chi connectivity index (χ1n) is 4.40. The second-order valence-corrected chi connectivity index (χ2v) is 5.62. The van der Waals surface area contributed by atoms with E-state index in [2.05, 4.69) is 51.7 Å². The van der Waals surface area contributed by atoms with E-state index in [0.29, 0.717) is 6.04 Å². The summed E-state index contributed by atoms with van der Waals surface area (Å²) in [5.41, 5.74) is 1.51. The highest BCUT2D eigenvalue weighted by Gasteiger charge is 2.11. The third-order valence-electron chi connectivity index (χ3n) is 1.40. The summed E-state index contributed by atoms with van der Waals surface area (Å²) in [6.45, 7) is 8.32. The van der Waals surface area contributed by atoms with Crippen molar-refractivity contribution in [3.63, 3.8) is 0 Å². The van der Waals surface area contributed by atoms with E-state index in [0.717, 1.165) is 0 Å². The highest BCUT2D eigenvalue weighted by Crippen LogP contribution is 2.16. The van der Waals surface area contributed by atoms with E-state index in [-0.39, 0.29) is 4.75 Å². The van der Waals surface area contributed by atoms with Gasteiger partial charge in [0.2, 0.25) is 0 Å². The Morgan fingerprint density at radius 3 is 1.92 bits per heavy atom. The Kier molecular flexibility index (Phi) is 4.95. The van der Waals surface area contributed by atoms with Crippen LogP contribution in [0.15, 0.2) is 11.6 Å². The molecule has 0 radical (unpaired) electrons. The molecule has 0 heterocycles. The second-order valence-electron chi connectivity index (χ2n) is 4.28. The number of nitrogens with one attached hydrogen (secondary N) is 1. The molecule has 0 fully saturated rings. The Bertz CT molecular complexity index is 150. The van der Waals surface area contributed by atoms with E-state index in [9.17, 15) is 0 Å². The maximum absolute atomic E-state index is 4.12. The highest BCUT2D eigenvalue weighted by atomic mass is 32.1. The normalized spacial score (nSPS) is 21.8. The molecule has 1 aliphatic rings. The van der Waals surface area contributed by atoms with E-state index in [4.69, 9.17) is 0 Å². The predicted octanol–water partition coefficient (Wildman–Crippen LogP) is 2.64. The predicted molar refractivity (Wildman–Crippen MR) is 60.0 cm³/mol. The van der Waals surface area contributed by atoms with Crippen molar-refractivity contribution in [2.75, 3.05) is 7.05 Å². The summed E-state index contributed by atoms with van der Waals surface area (Å²) in [6.07, 6.45) is 3.50. The molecule has 0 aromatic carbocycles. The fourth-order valence-corrected chi connectivity index (χ4v) is 0.842. The zero-order chi connectivity index (χ0) is 9.78. The molecule has 0 amide bonds. The molecule has 1 atom stereocenters. The summed E-state index contributed by atoms with van der Waals surface area (Å²) in [6, 6.07) is 0.681. The van der Waals surface area contributed by atoms with Crippen molar-refractivity contribution in [2.24, 2.45) is 0 Å². The summed E-state index contributed by atoms with van der Waals surface area (Å²) in [4.78, 5) is 0. The molecule has 1 aliphatic carbocycles. The van der Waals surface area contributed by atoms with Gasteiger partial charge in [-0.3, -0.25) is 0 Å². The van der Waals surface area contributed by atoms with Crippen molar-refractivity contribution in [3.05, 3.63) is 11.6 Å². The Balaban J connectivity index is 0.000000217. The lowest BCUT2D eigenvalue weighted by Crippen LogP contribution is -2.28. The minimum absolute atomic E-state index is 0.194. The van der Waals surface area contributed by atoms with Gasteiger partial charge in [0.25, 0.3) is 0 Å². The summed E-state index contributed by atoms with van der Waals surface area (Å²) in [7, 11) is 1.99. The molecule has 1 nitrogen and oxygen atoms in total. The molecule has 1 N–H and O–H groups in total. The second kappa shape index (κ2) is 4.93. The van der Waals surface area contributed by atoms with E-state index in [1.54, 1.807) is 0 Å². The summed E-state index contributed by atoms with van der Waals surface area (Å²) in [5, 5.41) is 3.16. The van der Waals surface area contributed by atoms with Gasteiger partial charge in [-0.25, -0.2) is 0 Å². The van der Waals surface area contributed by atoms with Crippen LogP contribution >= 0.6 is 12.6 Å². The van der Waals surface area contributed by atoms with Gasteiger partial charge in [0.05, 0.1) is 0 Å². The van der Waals surface area contributed by atoms with Crippen LogP contribution < -0.4 is 5.32 Å². The van der Waals surface area contributed by atoms with Gasteiger partial charge >= 0.3 is 0 Å². The van der Waals surface area contributed by atoms with Crippen LogP contribution in [0.3, 0.4) is 0 Å². The van der Waals surface area contributed by atoms with Crippen molar-refractivity contribution in [3.8, 4) is 0 Å². The lowest BCUT2D eigenvalue weighted by Gasteiger charge is -2.21. The molecule has 0 bridgehead atoms. The van der Waals surface area contributed by atoms with E-state index < -0.39 is 0 Å². The van der Waals surface area contributed by atoms with Gasteiger partial charge in [-0.15, -0.1) is 0 Å². The van der Waals surface area contributed by atoms with Crippen molar-refractivity contribution in [1.29, 1.82) is 0 Å². The average molecular weight is 187 g/mol. The van der Waals surface area contributed by atoms with Crippen molar-refractivity contribution in [2.45, 2.75) is 44.9 Å². The van der Waals surface area contributed by atoms with Crippen LogP contribution in [0.25, 0.3) is 0 Å². The van der Waals surface area contributed by atoms with Crippen LogP contribution in [-0.2, 0) is 0 Å². The van der Waals surface area contributed by atoms with Crippen LogP contribution in [0.5, 0.6) is 0 Å². The molecule has 0 aliphatic heterocycles. The molecule has 0 saturated carbocycles. The number of thiol groups is 1. The van der Waals surface area contributed by atoms with Crippen LogP contribution in [-0.4, -0.2) is 17.8 Å². The minimum atomic E-state index is 0.194. The number of hydrogen-bond donors (Lipinski definition) is 2. The zero-order valence-corrected chi connectivity index (χ0v) is 9.70. The fourth-order valence-electron chi connectivity index (χ4n) is 0.842. The van der Waals surface area contributed by atoms with Gasteiger partial charge in [-0.05, 0) is 20.4 Å². The van der Waals surface area contributed by atoms with Crippen molar-refractivity contribution in [1.82, 2.24) is 5.32 Å². The van der Waals surface area contributed by atoms with Crippen LogP contribution in [0.1, 0.15) is 34.1 Å². The maximum atomic E-state index is 4.12. The molecular formula is C10H21NS. The molecule has 1 unspecified atom stereocenters. The lowest BCUT2D eigenvalue weighted by molar-refractivity contribution is 0.605. The Morgan fingerprint density at radius 1 is 1.50 bits per heavy atom. The highest BCUT2D eigenvalue weighted by molar-refractivity contribution is 7.81. The Hall–Kier alpha value is 0.0500. The topological polar surface area (TPSA) is 12.0 Å². The van der Waals surface area contributed by atoms with Gasteiger partial charge in [0.1, 0.15) is 0 Å². The first-order valence-corrected chi connectivity index (χ1v) is 4.84. The quantitative estimate of drug-likeness (QED) is 0.475. The smallest absolute Gasteiger partial charge is 0.0286 e. The molecule has 0 spiro atoms. The minimum Gasteiger partial charge on any atom is -0.313 e. The van der Waals surface area contributed by atoms with Crippen molar-refractivity contribution >= 4 is 12.6 Å². The van der Waals surface area contributed by atoms with Crippen LogP contribution in [0, 0.1) is 0 Å². The van der Waals surface area contributed by atoms with E-state index in [1.165, 1.54) is 12.0 Å². The van der Waals surface area contributed by atoms with Crippen molar-refractivity contribution < 1.29 is 0 Å². The number of hydrogen-bond acceptors (Lipinski definition) is 2. The van der Waals surface area contributed by atoms with Crippen LogP contribution in [0.2, 0.25) is 0 Å². The Morgan fingerprint density at radius 2 is 1.83 bits per heavy atom. The third-order valence-corrected chi connectivity index (χ3v) is 1.40. The monoisotopic (exact) mass is 187 g/mol. The molecule has 0 aromatic rings. The van der Waals surface area contributed by atoms with E-state index in [1.807, 2.05) is 7.05 Å². The zero-order valence-electron chi connectivity index (χ0n) is 8.81. The SMILES string of the molecule is CC(C)(C)S.CNC1C=C(C)C1. The molecular weight excluding hydrogens is 166 g/mol. The molecule has 0 saturated heterocycles. The van der Waals surface area contributed by atoms with Gasteiger partial charge in [0.15, 0.2) is 0 Å². The summed E-state index contributed by atoms with van der Waals surface area (Å²) < 4.78 is 0.194. The molecule has 72 valence electrons. The van der Waals surface area contributed by atoms with Gasteiger partial charge < -0.3 is 5.32 Å². The van der Waals surface area contributed by atoms with Gasteiger partial charge in [0, 0.05) is 10.8 Å². The molecule has 1 rings (SSSR count). The Labute approximate surface area is 82.0 Å². The summed E-state index contributed by atoms with van der Waals surface area (Å²) in [5.74, 6) is 0. The standard InChI is InChI=1S/C6H11N.C4H10S/c1-5-3-6(4-5)7-2;1-4(2,3)5/h3,6-7H,4H2,1-2H3;5H,1-3H3. The average Bonchev–Trinajstić information content (AvgIpc) is 1.76. The lowest BCUT2D eigenvalue weighted by atomic mass is 9.95. The summed E-state index contributed by atoms with van der Waals surface area (Å²) >= 11 is 4.12. The van der Waals surface area contributed by atoms with Gasteiger partial charge in [-0.1, -0.05) is 32.4 Å². The number of rotatable bonds is 1. The maximum Gasteiger partial charge on any atom is 0.0286 e. The first kappa shape index (κ1) is 12.0. The van der Waals surface area contributed by atoms with Gasteiger partial charge in [-0.2, -0.15) is 12.6 Å². The van der Waals surface area contributed by atoms with E-state index >= 15 is 0 Å². The fraction of sp³-hybridized carbons (Fsp3) is 0.800. The molecule has 0 aromatic heterocycles. The molecule has 12 heavy (non-hydrogen) atoms. The first-order chi connectivity index (χ1) is 5.33. The van der Waals surface area contributed by atoms with Crippen LogP contribution in [0.4, 0.5) is 0 Å². The third kappa shape index (κ3) is 8.15.